The number of aromatic nitrogens is 3. The van der Waals surface area contributed by atoms with E-state index in [9.17, 15) is 9.90 Å². The van der Waals surface area contributed by atoms with Gasteiger partial charge in [-0.05, 0) is 12.8 Å². The molecule has 5 heteroatoms. The van der Waals surface area contributed by atoms with E-state index in [-0.39, 0.29) is 0 Å². The number of aromatic amines is 1. The number of carbonyl (C=O) groups is 1. The van der Waals surface area contributed by atoms with Gasteiger partial charge in [0.25, 0.3) is 0 Å². The molecule has 1 aliphatic carbocycles. The smallest absolute Gasteiger partial charge is 0.310 e. The zero-order valence-corrected chi connectivity index (χ0v) is 10.2. The van der Waals surface area contributed by atoms with Crippen molar-refractivity contribution in [3.8, 4) is 0 Å². The fourth-order valence-corrected chi connectivity index (χ4v) is 2.59. The maximum absolute atomic E-state index is 11.5. The Hall–Kier alpha value is -1.39. The predicted octanol–water partition coefficient (Wildman–Crippen LogP) is 1.94. The fourth-order valence-electron chi connectivity index (χ4n) is 2.59. The van der Waals surface area contributed by atoms with Gasteiger partial charge in [-0.3, -0.25) is 9.89 Å². The number of aryl methyl sites for hydroxylation is 1. The second-order valence-corrected chi connectivity index (χ2v) is 4.87. The Morgan fingerprint density at radius 2 is 2.12 bits per heavy atom. The van der Waals surface area contributed by atoms with E-state index in [0.717, 1.165) is 44.3 Å². The lowest BCUT2D eigenvalue weighted by atomic mass is 9.72. The number of aliphatic carboxylic acids is 1. The molecule has 2 rings (SSSR count). The number of carboxylic acids is 1. The van der Waals surface area contributed by atoms with Gasteiger partial charge in [0.2, 0.25) is 0 Å². The molecular weight excluding hydrogens is 218 g/mol. The summed E-state index contributed by atoms with van der Waals surface area (Å²) in [5, 5.41) is 16.4. The Morgan fingerprint density at radius 1 is 1.41 bits per heavy atom. The lowest BCUT2D eigenvalue weighted by Gasteiger charge is -2.32. The summed E-state index contributed by atoms with van der Waals surface area (Å²) in [6.07, 6.45) is 5.91. The van der Waals surface area contributed by atoms with Crippen molar-refractivity contribution in [1.29, 1.82) is 0 Å². The summed E-state index contributed by atoms with van der Waals surface area (Å²) in [7, 11) is 0. The van der Waals surface area contributed by atoms with Crippen LogP contribution in [0.25, 0.3) is 0 Å². The molecule has 1 aromatic heterocycles. The molecule has 0 unspecified atom stereocenters. The summed E-state index contributed by atoms with van der Waals surface area (Å²) in [6, 6.07) is 0. The van der Waals surface area contributed by atoms with Crippen LogP contribution in [-0.4, -0.2) is 26.3 Å². The average molecular weight is 237 g/mol. The number of nitrogens with one attached hydrogen (secondary N) is 1. The molecule has 0 saturated heterocycles. The van der Waals surface area contributed by atoms with Crippen molar-refractivity contribution in [2.24, 2.45) is 5.41 Å². The minimum absolute atomic E-state index is 0.481. The molecule has 17 heavy (non-hydrogen) atoms. The van der Waals surface area contributed by atoms with Crippen molar-refractivity contribution >= 4 is 5.97 Å². The number of rotatable bonds is 4. The quantitative estimate of drug-likeness (QED) is 0.838. The summed E-state index contributed by atoms with van der Waals surface area (Å²) >= 11 is 0. The molecular formula is C12H19N3O2. The van der Waals surface area contributed by atoms with Crippen molar-refractivity contribution in [2.75, 3.05) is 0 Å². The number of nitrogens with zero attached hydrogens (tertiary/aromatic N) is 2. The van der Waals surface area contributed by atoms with E-state index >= 15 is 0 Å². The number of carboxylic acid groups (broad SMARTS) is 1. The topological polar surface area (TPSA) is 78.9 Å². The van der Waals surface area contributed by atoms with Crippen LogP contribution in [0.1, 0.15) is 50.7 Å². The molecule has 5 nitrogen and oxygen atoms in total. The van der Waals surface area contributed by atoms with E-state index < -0.39 is 11.4 Å². The van der Waals surface area contributed by atoms with Gasteiger partial charge < -0.3 is 5.11 Å². The molecule has 0 atom stereocenters. The molecule has 0 spiro atoms. The zero-order chi connectivity index (χ0) is 12.3. The third kappa shape index (κ3) is 2.48. The molecule has 0 amide bonds. The van der Waals surface area contributed by atoms with Crippen LogP contribution in [-0.2, 0) is 17.6 Å². The van der Waals surface area contributed by atoms with E-state index in [4.69, 9.17) is 0 Å². The van der Waals surface area contributed by atoms with Crippen LogP contribution in [0.15, 0.2) is 0 Å². The first-order valence-corrected chi connectivity index (χ1v) is 6.30. The van der Waals surface area contributed by atoms with Crippen LogP contribution in [0.3, 0.4) is 0 Å². The van der Waals surface area contributed by atoms with Crippen molar-refractivity contribution < 1.29 is 9.90 Å². The highest BCUT2D eigenvalue weighted by Gasteiger charge is 2.40. The standard InChI is InChI=1S/C12H19N3O2/c1-2-9-13-10(15-14-9)8-12(11(16)17)6-4-3-5-7-12/h2-8H2,1H3,(H,16,17)(H,13,14,15). The van der Waals surface area contributed by atoms with Gasteiger partial charge in [0, 0.05) is 12.8 Å². The molecule has 1 aromatic rings. The summed E-state index contributed by atoms with van der Waals surface area (Å²) in [6.45, 7) is 1.99. The zero-order valence-electron chi connectivity index (χ0n) is 10.2. The van der Waals surface area contributed by atoms with Crippen LogP contribution >= 0.6 is 0 Å². The second kappa shape index (κ2) is 4.85. The highest BCUT2D eigenvalue weighted by molar-refractivity contribution is 5.75. The minimum atomic E-state index is -0.688. The van der Waals surface area contributed by atoms with Crippen LogP contribution in [0.4, 0.5) is 0 Å². The minimum Gasteiger partial charge on any atom is -0.481 e. The van der Waals surface area contributed by atoms with Gasteiger partial charge in [-0.1, -0.05) is 26.2 Å². The van der Waals surface area contributed by atoms with Crippen LogP contribution < -0.4 is 0 Å². The van der Waals surface area contributed by atoms with E-state index in [2.05, 4.69) is 15.2 Å². The van der Waals surface area contributed by atoms with Gasteiger partial charge >= 0.3 is 5.97 Å². The van der Waals surface area contributed by atoms with E-state index in [0.29, 0.717) is 12.2 Å². The fraction of sp³-hybridized carbons (Fsp3) is 0.750. The number of hydrogen-bond donors (Lipinski definition) is 2. The molecule has 2 N–H and O–H groups in total. The summed E-state index contributed by atoms with van der Waals surface area (Å²) in [5.74, 6) is 0.786. The van der Waals surface area contributed by atoms with E-state index in [1.165, 1.54) is 0 Å². The highest BCUT2D eigenvalue weighted by Crippen LogP contribution is 2.38. The average Bonchev–Trinajstić information content (AvgIpc) is 2.77. The van der Waals surface area contributed by atoms with E-state index in [1.807, 2.05) is 6.92 Å². The summed E-state index contributed by atoms with van der Waals surface area (Å²) in [5.41, 5.74) is -0.622. The molecule has 1 fully saturated rings. The number of H-pyrrole nitrogens is 1. The maximum atomic E-state index is 11.5. The van der Waals surface area contributed by atoms with Gasteiger partial charge in [-0.2, -0.15) is 5.10 Å². The first-order chi connectivity index (χ1) is 8.16. The Morgan fingerprint density at radius 3 is 2.65 bits per heavy atom. The second-order valence-electron chi connectivity index (χ2n) is 4.87. The van der Waals surface area contributed by atoms with Crippen molar-refractivity contribution in [2.45, 2.75) is 51.9 Å². The van der Waals surface area contributed by atoms with Crippen LogP contribution in [0.2, 0.25) is 0 Å². The lowest BCUT2D eigenvalue weighted by Crippen LogP contribution is -2.35. The van der Waals surface area contributed by atoms with Gasteiger partial charge in [0.05, 0.1) is 5.41 Å². The summed E-state index contributed by atoms with van der Waals surface area (Å²) in [4.78, 5) is 15.8. The molecule has 1 aliphatic rings. The van der Waals surface area contributed by atoms with Gasteiger partial charge in [0.1, 0.15) is 11.6 Å². The molecule has 0 aliphatic heterocycles. The SMILES string of the molecule is CCc1n[nH]c(CC2(C(=O)O)CCCCC2)n1. The first-order valence-electron chi connectivity index (χ1n) is 6.30. The number of hydrogen-bond acceptors (Lipinski definition) is 3. The maximum Gasteiger partial charge on any atom is 0.310 e. The summed E-state index contributed by atoms with van der Waals surface area (Å²) < 4.78 is 0. The van der Waals surface area contributed by atoms with Crippen LogP contribution in [0, 0.1) is 5.41 Å². The van der Waals surface area contributed by atoms with E-state index in [1.54, 1.807) is 0 Å². The first kappa shape index (κ1) is 12.1. The molecule has 0 bridgehead atoms. The Bertz CT molecular complexity index is 394. The largest absolute Gasteiger partial charge is 0.481 e. The molecule has 1 saturated carbocycles. The lowest BCUT2D eigenvalue weighted by molar-refractivity contribution is -0.151. The Balaban J connectivity index is 2.14. The van der Waals surface area contributed by atoms with Gasteiger partial charge in [-0.15, -0.1) is 0 Å². The third-order valence-corrected chi connectivity index (χ3v) is 3.66. The monoisotopic (exact) mass is 237 g/mol. The Labute approximate surface area is 101 Å². The van der Waals surface area contributed by atoms with Crippen molar-refractivity contribution in [3.05, 3.63) is 11.6 Å². The predicted molar refractivity (Wildman–Crippen MR) is 62.6 cm³/mol. The highest BCUT2D eigenvalue weighted by atomic mass is 16.4. The van der Waals surface area contributed by atoms with Crippen molar-refractivity contribution in [1.82, 2.24) is 15.2 Å². The third-order valence-electron chi connectivity index (χ3n) is 3.66. The normalized spacial score (nSPS) is 19.1. The van der Waals surface area contributed by atoms with Crippen LogP contribution in [0.5, 0.6) is 0 Å². The molecule has 0 aromatic carbocycles. The Kier molecular flexibility index (Phi) is 3.45. The van der Waals surface area contributed by atoms with Gasteiger partial charge in [0.15, 0.2) is 0 Å². The molecule has 1 heterocycles. The molecule has 0 radical (unpaired) electrons. The van der Waals surface area contributed by atoms with Crippen molar-refractivity contribution in [3.63, 3.8) is 0 Å². The molecule has 94 valence electrons. The van der Waals surface area contributed by atoms with Gasteiger partial charge in [-0.25, -0.2) is 4.98 Å².